The topological polar surface area (TPSA) is 32.8 Å². The zero-order chi connectivity index (χ0) is 15.4. The van der Waals surface area contributed by atoms with Crippen molar-refractivity contribution in [2.75, 3.05) is 32.8 Å². The van der Waals surface area contributed by atoms with Gasteiger partial charge in [0.1, 0.15) is 0 Å². The van der Waals surface area contributed by atoms with E-state index in [0.717, 1.165) is 50.6 Å². The maximum atomic E-state index is 12.4. The first-order valence-electron chi connectivity index (χ1n) is 8.46. The van der Waals surface area contributed by atoms with Crippen LogP contribution in [-0.2, 0) is 4.74 Å². The van der Waals surface area contributed by atoms with E-state index in [1.54, 1.807) is 11.3 Å². The Hall–Kier alpha value is -0.910. The van der Waals surface area contributed by atoms with Crippen molar-refractivity contribution in [3.05, 3.63) is 22.4 Å². The number of hydrogen-bond donors (Lipinski definition) is 0. The van der Waals surface area contributed by atoms with E-state index in [4.69, 9.17) is 4.74 Å². The molecule has 3 heterocycles. The zero-order valence-corrected chi connectivity index (χ0v) is 14.2. The first kappa shape index (κ1) is 16.0. The predicted octanol–water partition coefficient (Wildman–Crippen LogP) is 2.85. The summed E-state index contributed by atoms with van der Waals surface area (Å²) in [7, 11) is 0. The summed E-state index contributed by atoms with van der Waals surface area (Å²) in [4.78, 5) is 18.0. The lowest BCUT2D eigenvalue weighted by Crippen LogP contribution is -2.54. The molecule has 2 saturated heterocycles. The lowest BCUT2D eigenvalue weighted by Gasteiger charge is -2.44. The van der Waals surface area contributed by atoms with Gasteiger partial charge in [0.05, 0.1) is 18.1 Å². The van der Waals surface area contributed by atoms with Gasteiger partial charge in [-0.15, -0.1) is 11.3 Å². The highest BCUT2D eigenvalue weighted by Crippen LogP contribution is 2.24. The average molecular weight is 322 g/mol. The minimum absolute atomic E-state index is 0.209. The summed E-state index contributed by atoms with van der Waals surface area (Å²) >= 11 is 1.54. The Bertz CT molecular complexity index is 467. The van der Waals surface area contributed by atoms with Crippen molar-refractivity contribution in [1.29, 1.82) is 0 Å². The van der Waals surface area contributed by atoms with Crippen LogP contribution in [0.5, 0.6) is 0 Å². The summed E-state index contributed by atoms with van der Waals surface area (Å²) in [6.07, 6.45) is 4.61. The molecule has 22 heavy (non-hydrogen) atoms. The molecular weight excluding hydrogens is 296 g/mol. The van der Waals surface area contributed by atoms with E-state index in [0.29, 0.717) is 12.1 Å². The fourth-order valence-corrected chi connectivity index (χ4v) is 4.38. The minimum atomic E-state index is 0.209. The molecule has 4 nitrogen and oxygen atoms in total. The van der Waals surface area contributed by atoms with Crippen molar-refractivity contribution < 1.29 is 9.53 Å². The van der Waals surface area contributed by atoms with Crippen LogP contribution in [0.2, 0.25) is 0 Å². The molecule has 0 aromatic carbocycles. The molecule has 1 aromatic rings. The largest absolute Gasteiger partial charge is 0.378 e. The van der Waals surface area contributed by atoms with Crippen molar-refractivity contribution in [2.45, 2.75) is 44.7 Å². The molecule has 0 saturated carbocycles. The van der Waals surface area contributed by atoms with Crippen LogP contribution >= 0.6 is 11.3 Å². The van der Waals surface area contributed by atoms with Crippen LogP contribution in [0.25, 0.3) is 0 Å². The lowest BCUT2D eigenvalue weighted by atomic mass is 9.98. The summed E-state index contributed by atoms with van der Waals surface area (Å²) in [5.74, 6) is 0.209. The lowest BCUT2D eigenvalue weighted by molar-refractivity contribution is -0.0427. The van der Waals surface area contributed by atoms with Crippen molar-refractivity contribution in [3.8, 4) is 0 Å². The molecule has 2 aliphatic rings. The van der Waals surface area contributed by atoms with Gasteiger partial charge in [0.15, 0.2) is 0 Å². The number of ether oxygens (including phenoxy) is 1. The molecule has 0 spiro atoms. The number of carbonyl (C=O) groups is 1. The average Bonchev–Trinajstić information content (AvgIpc) is 3.10. The van der Waals surface area contributed by atoms with Crippen LogP contribution < -0.4 is 0 Å². The summed E-state index contributed by atoms with van der Waals surface area (Å²) in [5, 5.41) is 1.98. The third-order valence-corrected chi connectivity index (χ3v) is 5.71. The Labute approximate surface area is 137 Å². The Morgan fingerprint density at radius 3 is 2.86 bits per heavy atom. The van der Waals surface area contributed by atoms with E-state index in [1.165, 1.54) is 12.8 Å². The molecule has 0 bridgehead atoms. The van der Waals surface area contributed by atoms with E-state index in [2.05, 4.69) is 11.8 Å². The first-order valence-corrected chi connectivity index (χ1v) is 9.34. The number of piperidine rings is 1. The van der Waals surface area contributed by atoms with Gasteiger partial charge in [0, 0.05) is 31.7 Å². The van der Waals surface area contributed by atoms with Crippen molar-refractivity contribution in [1.82, 2.24) is 9.80 Å². The SMILES string of the molecule is CCCC1COCCN1C1CCN(C(=O)c2cccs2)CC1. The Morgan fingerprint density at radius 1 is 1.36 bits per heavy atom. The second kappa shape index (κ2) is 7.57. The second-order valence-corrected chi connectivity index (χ2v) is 7.20. The summed E-state index contributed by atoms with van der Waals surface area (Å²) in [6, 6.07) is 5.07. The van der Waals surface area contributed by atoms with Crippen LogP contribution in [0.3, 0.4) is 0 Å². The van der Waals surface area contributed by atoms with E-state index >= 15 is 0 Å². The van der Waals surface area contributed by atoms with Gasteiger partial charge >= 0.3 is 0 Å². The fraction of sp³-hybridized carbons (Fsp3) is 0.706. The zero-order valence-electron chi connectivity index (χ0n) is 13.4. The van der Waals surface area contributed by atoms with Gasteiger partial charge in [-0.25, -0.2) is 0 Å². The maximum absolute atomic E-state index is 12.4. The number of thiophene rings is 1. The predicted molar refractivity (Wildman–Crippen MR) is 89.5 cm³/mol. The number of morpholine rings is 1. The fourth-order valence-electron chi connectivity index (χ4n) is 3.69. The summed E-state index contributed by atoms with van der Waals surface area (Å²) in [6.45, 7) is 6.80. The Balaban J connectivity index is 1.55. The Morgan fingerprint density at radius 2 is 2.18 bits per heavy atom. The van der Waals surface area contributed by atoms with Gasteiger partial charge in [-0.3, -0.25) is 9.69 Å². The molecule has 0 radical (unpaired) electrons. The van der Waals surface area contributed by atoms with Gasteiger partial charge in [-0.05, 0) is 30.7 Å². The molecule has 5 heteroatoms. The quantitative estimate of drug-likeness (QED) is 0.854. The highest BCUT2D eigenvalue weighted by Gasteiger charge is 2.32. The Kier molecular flexibility index (Phi) is 5.50. The van der Waals surface area contributed by atoms with Gasteiger partial charge in [-0.2, -0.15) is 0 Å². The molecule has 3 rings (SSSR count). The monoisotopic (exact) mass is 322 g/mol. The van der Waals surface area contributed by atoms with Crippen molar-refractivity contribution in [3.63, 3.8) is 0 Å². The number of likely N-dealkylation sites (tertiary alicyclic amines) is 1. The smallest absolute Gasteiger partial charge is 0.263 e. The highest BCUT2D eigenvalue weighted by atomic mass is 32.1. The van der Waals surface area contributed by atoms with E-state index in [-0.39, 0.29) is 5.91 Å². The molecule has 1 aromatic heterocycles. The standard InChI is InChI=1S/C17H26N2O2S/c1-2-4-15-13-21-11-10-19(15)14-6-8-18(9-7-14)17(20)16-5-3-12-22-16/h3,5,12,14-15H,2,4,6-11,13H2,1H3. The number of amides is 1. The molecule has 1 atom stereocenters. The molecule has 2 fully saturated rings. The van der Waals surface area contributed by atoms with Crippen LogP contribution in [0.15, 0.2) is 17.5 Å². The van der Waals surface area contributed by atoms with Gasteiger partial charge < -0.3 is 9.64 Å². The molecule has 2 aliphatic heterocycles. The first-order chi connectivity index (χ1) is 10.8. The third-order valence-electron chi connectivity index (χ3n) is 4.85. The summed E-state index contributed by atoms with van der Waals surface area (Å²) < 4.78 is 5.66. The van der Waals surface area contributed by atoms with Crippen LogP contribution in [0.1, 0.15) is 42.3 Å². The number of carbonyl (C=O) groups excluding carboxylic acids is 1. The third kappa shape index (κ3) is 3.53. The van der Waals surface area contributed by atoms with Crippen LogP contribution in [0, 0.1) is 0 Å². The van der Waals surface area contributed by atoms with Crippen molar-refractivity contribution >= 4 is 17.2 Å². The molecule has 0 aliphatic carbocycles. The maximum Gasteiger partial charge on any atom is 0.263 e. The van der Waals surface area contributed by atoms with E-state index in [1.807, 2.05) is 22.4 Å². The number of nitrogens with zero attached hydrogens (tertiary/aromatic N) is 2. The van der Waals surface area contributed by atoms with Gasteiger partial charge in [0.25, 0.3) is 5.91 Å². The molecule has 1 unspecified atom stereocenters. The number of hydrogen-bond acceptors (Lipinski definition) is 4. The molecule has 122 valence electrons. The molecular formula is C17H26N2O2S. The van der Waals surface area contributed by atoms with Crippen molar-refractivity contribution in [2.24, 2.45) is 0 Å². The van der Waals surface area contributed by atoms with Crippen LogP contribution in [-0.4, -0.2) is 60.6 Å². The van der Waals surface area contributed by atoms with E-state index < -0.39 is 0 Å². The van der Waals surface area contributed by atoms with E-state index in [9.17, 15) is 4.79 Å². The number of rotatable bonds is 4. The van der Waals surface area contributed by atoms with Gasteiger partial charge in [-0.1, -0.05) is 19.4 Å². The molecule has 0 N–H and O–H groups in total. The molecule has 1 amide bonds. The highest BCUT2D eigenvalue weighted by molar-refractivity contribution is 7.12. The summed E-state index contributed by atoms with van der Waals surface area (Å²) in [5.41, 5.74) is 0. The van der Waals surface area contributed by atoms with Gasteiger partial charge in [0.2, 0.25) is 0 Å². The second-order valence-electron chi connectivity index (χ2n) is 6.26. The van der Waals surface area contributed by atoms with Crippen LogP contribution in [0.4, 0.5) is 0 Å². The normalized spacial score (nSPS) is 24.6. The minimum Gasteiger partial charge on any atom is -0.378 e.